The molecule has 0 bridgehead atoms. The van der Waals surface area contributed by atoms with E-state index < -0.39 is 6.04 Å². The summed E-state index contributed by atoms with van der Waals surface area (Å²) in [5, 5.41) is 17.3. The van der Waals surface area contributed by atoms with Crippen LogP contribution in [0.4, 0.5) is 0 Å². The summed E-state index contributed by atoms with van der Waals surface area (Å²) in [5.41, 5.74) is 4.38. The van der Waals surface area contributed by atoms with Crippen molar-refractivity contribution in [1.82, 2.24) is 30.4 Å². The van der Waals surface area contributed by atoms with Crippen LogP contribution < -0.4 is 20.1 Å². The number of carbonyl (C=O) groups excluding carboxylic acids is 1. The van der Waals surface area contributed by atoms with Crippen LogP contribution in [0.3, 0.4) is 0 Å². The molecular formula is C34H38N6O3. The number of rotatable bonds is 12. The minimum atomic E-state index is -0.392. The molecule has 6 rings (SSSR count). The Hall–Kier alpha value is -4.63. The number of aromatic nitrogens is 4. The topological polar surface area (TPSA) is 106 Å². The highest BCUT2D eigenvalue weighted by atomic mass is 16.5. The third-order valence-corrected chi connectivity index (χ3v) is 8.26. The molecule has 1 fully saturated rings. The number of carbonyl (C=O) groups is 1. The van der Waals surface area contributed by atoms with Crippen LogP contribution >= 0.6 is 0 Å². The lowest BCUT2D eigenvalue weighted by atomic mass is 10.0. The number of benzene rings is 3. The first-order valence-corrected chi connectivity index (χ1v) is 14.9. The van der Waals surface area contributed by atoms with Crippen molar-refractivity contribution in [3.8, 4) is 11.5 Å². The van der Waals surface area contributed by atoms with Gasteiger partial charge in [-0.25, -0.2) is 0 Å². The van der Waals surface area contributed by atoms with Crippen LogP contribution in [0.15, 0.2) is 79.0 Å². The van der Waals surface area contributed by atoms with Gasteiger partial charge in [0, 0.05) is 41.6 Å². The van der Waals surface area contributed by atoms with Crippen LogP contribution in [0.1, 0.15) is 47.2 Å². The van der Waals surface area contributed by atoms with Gasteiger partial charge in [0.05, 0.1) is 32.8 Å². The molecule has 1 saturated heterocycles. The predicted molar refractivity (Wildman–Crippen MR) is 166 cm³/mol. The van der Waals surface area contributed by atoms with Gasteiger partial charge in [-0.15, -0.1) is 10.2 Å². The summed E-state index contributed by atoms with van der Waals surface area (Å²) >= 11 is 0. The number of nitrogens with one attached hydrogen (secondary N) is 3. The van der Waals surface area contributed by atoms with Gasteiger partial charge < -0.3 is 29.7 Å². The molecule has 0 saturated carbocycles. The van der Waals surface area contributed by atoms with E-state index >= 15 is 0 Å². The number of para-hydroxylation sites is 1. The average Bonchev–Trinajstić information content (AvgIpc) is 3.82. The fourth-order valence-corrected chi connectivity index (χ4v) is 5.93. The predicted octanol–water partition coefficient (Wildman–Crippen LogP) is 4.76. The highest BCUT2D eigenvalue weighted by Crippen LogP contribution is 2.29. The average molecular weight is 579 g/mol. The summed E-state index contributed by atoms with van der Waals surface area (Å²) in [6, 6.07) is 23.9. The smallest absolute Gasteiger partial charge is 0.237 e. The van der Waals surface area contributed by atoms with Crippen molar-refractivity contribution in [2.24, 2.45) is 0 Å². The molecule has 2 atom stereocenters. The Bertz CT molecular complexity index is 1670. The SMILES string of the molecule is COc1ccc(Cn2c(CCc3ccccc3)nnc2C(Cc2c[nH]c3ccccc23)NC(=O)[C@@H]2CCCN2)c(OC)c1. The third kappa shape index (κ3) is 6.41. The molecule has 5 aromatic rings. The molecule has 1 amide bonds. The quantitative estimate of drug-likeness (QED) is 0.197. The van der Waals surface area contributed by atoms with Crippen molar-refractivity contribution >= 4 is 16.8 Å². The van der Waals surface area contributed by atoms with Crippen molar-refractivity contribution in [3.05, 3.63) is 107 Å². The van der Waals surface area contributed by atoms with E-state index in [0.717, 1.165) is 71.0 Å². The van der Waals surface area contributed by atoms with Crippen molar-refractivity contribution in [3.63, 3.8) is 0 Å². The van der Waals surface area contributed by atoms with Crippen molar-refractivity contribution in [2.45, 2.75) is 50.7 Å². The lowest BCUT2D eigenvalue weighted by Crippen LogP contribution is -2.43. The third-order valence-electron chi connectivity index (χ3n) is 8.26. The second-order valence-corrected chi connectivity index (χ2v) is 11.0. The van der Waals surface area contributed by atoms with Gasteiger partial charge in [-0.2, -0.15) is 0 Å². The van der Waals surface area contributed by atoms with Crippen LogP contribution in [0.5, 0.6) is 11.5 Å². The van der Waals surface area contributed by atoms with E-state index in [0.29, 0.717) is 19.4 Å². The molecule has 222 valence electrons. The summed E-state index contributed by atoms with van der Waals surface area (Å²) in [6.45, 7) is 1.34. The zero-order valence-corrected chi connectivity index (χ0v) is 24.7. The normalized spacial score (nSPS) is 15.4. The number of amides is 1. The molecule has 1 unspecified atom stereocenters. The van der Waals surface area contributed by atoms with Gasteiger partial charge in [-0.05, 0) is 55.1 Å². The van der Waals surface area contributed by atoms with E-state index in [2.05, 4.69) is 56.6 Å². The zero-order chi connectivity index (χ0) is 29.6. The lowest BCUT2D eigenvalue weighted by Gasteiger charge is -2.22. The molecule has 9 nitrogen and oxygen atoms in total. The summed E-state index contributed by atoms with van der Waals surface area (Å²) in [4.78, 5) is 16.9. The maximum absolute atomic E-state index is 13.5. The van der Waals surface area contributed by atoms with Gasteiger partial charge in [0.2, 0.25) is 5.91 Å². The Morgan fingerprint density at radius 2 is 1.84 bits per heavy atom. The van der Waals surface area contributed by atoms with Crippen LogP contribution in [0, 0.1) is 0 Å². The van der Waals surface area contributed by atoms with E-state index in [1.165, 1.54) is 5.56 Å². The second kappa shape index (κ2) is 13.1. The van der Waals surface area contributed by atoms with E-state index in [1.54, 1.807) is 14.2 Å². The summed E-state index contributed by atoms with van der Waals surface area (Å²) in [5.74, 6) is 3.01. The minimum absolute atomic E-state index is 0.00949. The van der Waals surface area contributed by atoms with Gasteiger partial charge >= 0.3 is 0 Å². The van der Waals surface area contributed by atoms with Gasteiger partial charge in [0.15, 0.2) is 5.82 Å². The molecule has 3 N–H and O–H groups in total. The number of aryl methyl sites for hydroxylation is 2. The first-order valence-electron chi connectivity index (χ1n) is 14.9. The molecule has 0 radical (unpaired) electrons. The van der Waals surface area contributed by atoms with Crippen molar-refractivity contribution in [2.75, 3.05) is 20.8 Å². The highest BCUT2D eigenvalue weighted by molar-refractivity contribution is 5.84. The fraction of sp³-hybridized carbons (Fsp3) is 0.324. The van der Waals surface area contributed by atoms with Crippen LogP contribution in [0.25, 0.3) is 10.9 Å². The molecule has 1 aliphatic heterocycles. The Kier molecular flexibility index (Phi) is 8.70. The number of H-pyrrole nitrogens is 1. The number of fused-ring (bicyclic) bond motifs is 1. The molecule has 0 spiro atoms. The van der Waals surface area contributed by atoms with Gasteiger partial charge in [0.25, 0.3) is 0 Å². The van der Waals surface area contributed by atoms with Gasteiger partial charge in [-0.3, -0.25) is 4.79 Å². The molecule has 43 heavy (non-hydrogen) atoms. The van der Waals surface area contributed by atoms with Crippen LogP contribution in [-0.4, -0.2) is 52.5 Å². The standard InChI is InChI=1S/C34H38N6O3/c1-42-26-16-15-24(31(20-26)43-2)22-40-32(17-14-23-9-4-3-5-10-23)38-39-33(40)30(37-34(41)29-13-8-18-35-29)19-25-21-36-28-12-7-6-11-27(25)28/h3-7,9-12,15-16,20-21,29-30,35-36H,8,13-14,17-19,22H2,1-2H3,(H,37,41)/t29-,30?/m0/s1. The molecule has 2 aromatic heterocycles. The first kappa shape index (κ1) is 28.5. The summed E-state index contributed by atoms with van der Waals surface area (Å²) in [6.07, 6.45) is 5.93. The van der Waals surface area contributed by atoms with E-state index in [-0.39, 0.29) is 11.9 Å². The zero-order valence-electron chi connectivity index (χ0n) is 24.7. The largest absolute Gasteiger partial charge is 0.497 e. The van der Waals surface area contributed by atoms with E-state index in [4.69, 9.17) is 19.7 Å². The van der Waals surface area contributed by atoms with E-state index in [9.17, 15) is 4.79 Å². The van der Waals surface area contributed by atoms with Crippen molar-refractivity contribution < 1.29 is 14.3 Å². The number of aromatic amines is 1. The second-order valence-electron chi connectivity index (χ2n) is 11.0. The molecule has 0 aliphatic carbocycles. The lowest BCUT2D eigenvalue weighted by molar-refractivity contribution is -0.123. The monoisotopic (exact) mass is 578 g/mol. The van der Waals surface area contributed by atoms with Crippen LogP contribution in [-0.2, 0) is 30.6 Å². The molecular weight excluding hydrogens is 540 g/mol. The molecule has 3 heterocycles. The number of hydrogen-bond donors (Lipinski definition) is 3. The Morgan fingerprint density at radius 1 is 1.00 bits per heavy atom. The van der Waals surface area contributed by atoms with Crippen molar-refractivity contribution in [1.29, 1.82) is 0 Å². The maximum atomic E-state index is 13.5. The van der Waals surface area contributed by atoms with Crippen LogP contribution in [0.2, 0.25) is 0 Å². The van der Waals surface area contributed by atoms with Gasteiger partial charge in [-0.1, -0.05) is 48.5 Å². The maximum Gasteiger partial charge on any atom is 0.237 e. The fourth-order valence-electron chi connectivity index (χ4n) is 5.93. The Morgan fingerprint density at radius 3 is 2.63 bits per heavy atom. The van der Waals surface area contributed by atoms with E-state index in [1.807, 2.05) is 42.6 Å². The minimum Gasteiger partial charge on any atom is -0.497 e. The Labute approximate surface area is 251 Å². The summed E-state index contributed by atoms with van der Waals surface area (Å²) < 4.78 is 13.3. The Balaban J connectivity index is 1.39. The summed E-state index contributed by atoms with van der Waals surface area (Å²) in [7, 11) is 3.31. The number of hydrogen-bond acceptors (Lipinski definition) is 6. The number of ether oxygens (including phenoxy) is 2. The number of nitrogens with zero attached hydrogens (tertiary/aromatic N) is 3. The first-order chi connectivity index (χ1) is 21.1. The molecule has 3 aromatic carbocycles. The molecule has 1 aliphatic rings. The number of methoxy groups -OCH3 is 2. The van der Waals surface area contributed by atoms with Gasteiger partial charge in [0.1, 0.15) is 17.3 Å². The molecule has 9 heteroatoms. The highest BCUT2D eigenvalue weighted by Gasteiger charge is 2.29.